The highest BCUT2D eigenvalue weighted by molar-refractivity contribution is 5.98. The number of aryl methyl sites for hydroxylation is 4. The first-order chi connectivity index (χ1) is 23.1. The van der Waals surface area contributed by atoms with Gasteiger partial charge in [-0.1, -0.05) is 13.8 Å². The van der Waals surface area contributed by atoms with E-state index in [1.165, 1.54) is 25.9 Å². The number of aromatic nitrogens is 4. The molecule has 0 radical (unpaired) electrons. The van der Waals surface area contributed by atoms with Crippen LogP contribution in [0.25, 0.3) is 50.4 Å². The molecule has 9 heteroatoms. The Hall–Kier alpha value is -5.23. The smallest absolute Gasteiger partial charge is 0.305 e. The SMILES string of the molecule is CCC1=C(C)c2cc3[nH]c(cc4nc(cc5[nH]c(c(C)c5CCC(=O)OC)c(C=CC#N)c1n2)C(CCC(=O)OC)=C4C)c(C)c3CC. The Morgan fingerprint density at radius 3 is 2.02 bits per heavy atom. The second-order valence-electron chi connectivity index (χ2n) is 12.2. The summed E-state index contributed by atoms with van der Waals surface area (Å²) in [6.45, 7) is 12.6. The molecule has 0 unspecified atom stereocenters. The lowest BCUT2D eigenvalue weighted by Crippen LogP contribution is -2.02. The maximum Gasteiger partial charge on any atom is 0.305 e. The summed E-state index contributed by atoms with van der Waals surface area (Å²) in [6, 6.07) is 8.37. The van der Waals surface area contributed by atoms with Crippen molar-refractivity contribution in [3.63, 3.8) is 0 Å². The summed E-state index contributed by atoms with van der Waals surface area (Å²) in [5, 5.41) is 9.63. The summed E-state index contributed by atoms with van der Waals surface area (Å²) in [7, 11) is 2.79. The summed E-state index contributed by atoms with van der Waals surface area (Å²) in [5.74, 6) is -0.594. The third-order valence-corrected chi connectivity index (χ3v) is 9.62. The molecule has 48 heavy (non-hydrogen) atoms. The number of carbonyl (C=O) groups is 2. The van der Waals surface area contributed by atoms with Crippen molar-refractivity contribution in [2.75, 3.05) is 14.2 Å². The number of hydrogen-bond donors (Lipinski definition) is 2. The van der Waals surface area contributed by atoms with Gasteiger partial charge in [0.2, 0.25) is 0 Å². The molecule has 9 nitrogen and oxygen atoms in total. The molecule has 0 atom stereocenters. The number of allylic oxidation sites excluding steroid dienone is 5. The minimum Gasteiger partial charge on any atom is -0.469 e. The van der Waals surface area contributed by atoms with Gasteiger partial charge >= 0.3 is 11.9 Å². The highest BCUT2D eigenvalue weighted by Crippen LogP contribution is 2.39. The predicted octanol–water partition coefficient (Wildman–Crippen LogP) is 8.36. The molecule has 0 aromatic carbocycles. The molecular formula is C39H43N5O4. The Morgan fingerprint density at radius 1 is 0.771 bits per heavy atom. The van der Waals surface area contributed by atoms with Gasteiger partial charge in [0.25, 0.3) is 0 Å². The molecule has 5 rings (SSSR count). The van der Waals surface area contributed by atoms with Crippen molar-refractivity contribution in [3.8, 4) is 6.07 Å². The van der Waals surface area contributed by atoms with Crippen LogP contribution in [0.4, 0.5) is 0 Å². The van der Waals surface area contributed by atoms with Crippen molar-refractivity contribution < 1.29 is 19.1 Å². The van der Waals surface area contributed by atoms with Crippen LogP contribution in [0.3, 0.4) is 0 Å². The van der Waals surface area contributed by atoms with E-state index >= 15 is 0 Å². The number of carbonyl (C=O) groups excluding carboxylic acids is 2. The lowest BCUT2D eigenvalue weighted by atomic mass is 9.98. The van der Waals surface area contributed by atoms with Gasteiger partial charge in [-0.05, 0) is 122 Å². The van der Waals surface area contributed by atoms with Crippen molar-refractivity contribution in [1.29, 1.82) is 5.26 Å². The summed E-state index contributed by atoms with van der Waals surface area (Å²) < 4.78 is 9.96. The Kier molecular flexibility index (Phi) is 10.1. The first-order valence-electron chi connectivity index (χ1n) is 16.4. The predicted molar refractivity (Wildman–Crippen MR) is 191 cm³/mol. The minimum atomic E-state index is -0.304. The van der Waals surface area contributed by atoms with E-state index in [1.807, 2.05) is 26.0 Å². The lowest BCUT2D eigenvalue weighted by molar-refractivity contribution is -0.141. The number of ether oxygens (including phenoxy) is 2. The van der Waals surface area contributed by atoms with E-state index in [-0.39, 0.29) is 24.8 Å². The summed E-state index contributed by atoms with van der Waals surface area (Å²) in [4.78, 5) is 42.3. The van der Waals surface area contributed by atoms with Gasteiger partial charge in [0.15, 0.2) is 0 Å². The number of fused-ring (bicyclic) bond motifs is 8. The van der Waals surface area contributed by atoms with E-state index in [2.05, 4.69) is 55.9 Å². The maximum absolute atomic E-state index is 12.3. The molecule has 0 amide bonds. The second kappa shape index (κ2) is 14.3. The second-order valence-corrected chi connectivity index (χ2v) is 12.2. The van der Waals surface area contributed by atoms with Crippen LogP contribution >= 0.6 is 0 Å². The van der Waals surface area contributed by atoms with Crippen LogP contribution in [0.2, 0.25) is 0 Å². The minimum absolute atomic E-state index is 0.196. The lowest BCUT2D eigenvalue weighted by Gasteiger charge is -2.05. The first kappa shape index (κ1) is 34.1. The fraction of sp³-hybridized carbons (Fsp3) is 0.359. The normalized spacial score (nSPS) is 13.0. The topological polar surface area (TPSA) is 134 Å². The number of nitrogens with one attached hydrogen (secondary N) is 2. The van der Waals surface area contributed by atoms with Gasteiger partial charge in [-0.25, -0.2) is 9.97 Å². The van der Waals surface area contributed by atoms with Gasteiger partial charge in [0, 0.05) is 41.0 Å². The van der Waals surface area contributed by atoms with Gasteiger partial charge in [-0.3, -0.25) is 9.59 Å². The molecule has 2 aliphatic heterocycles. The van der Waals surface area contributed by atoms with Crippen LogP contribution in [-0.4, -0.2) is 46.1 Å². The fourth-order valence-corrected chi connectivity index (χ4v) is 6.85. The number of aromatic amines is 2. The maximum atomic E-state index is 12.3. The van der Waals surface area contributed by atoms with E-state index in [1.54, 1.807) is 0 Å². The molecule has 3 aromatic rings. The molecule has 5 heterocycles. The van der Waals surface area contributed by atoms with Crippen LogP contribution in [0.5, 0.6) is 0 Å². The molecule has 248 valence electrons. The number of rotatable bonds is 9. The molecule has 0 spiro atoms. The molecule has 2 N–H and O–H groups in total. The van der Waals surface area contributed by atoms with Crippen LogP contribution in [0.1, 0.15) is 104 Å². The molecule has 8 bridgehead atoms. The zero-order valence-electron chi connectivity index (χ0n) is 29.1. The average Bonchev–Trinajstić information content (AvgIpc) is 3.75. The van der Waals surface area contributed by atoms with Gasteiger partial charge in [0.1, 0.15) is 0 Å². The van der Waals surface area contributed by atoms with Gasteiger partial charge < -0.3 is 19.4 Å². The first-order valence-corrected chi connectivity index (χ1v) is 16.4. The average molecular weight is 646 g/mol. The van der Waals surface area contributed by atoms with Crippen molar-refractivity contribution in [2.45, 2.75) is 80.1 Å². The molecule has 2 aliphatic rings. The number of nitrogens with zero attached hydrogens (tertiary/aromatic N) is 3. The quantitative estimate of drug-likeness (QED) is 0.176. The van der Waals surface area contributed by atoms with Crippen molar-refractivity contribution in [2.24, 2.45) is 0 Å². The standard InChI is InChI=1S/C39H43N5O4/c1-9-25-21(3)30-18-31-23(5)27(13-15-36(45)47-7)34(42-31)20-35-28(14-16-37(46)48-8)24(6)38(44-35)29(12-11-17-40)39-26(10-2)22(4)32(43-39)19-33(25)41-30/h11-12,18-20,41,44H,9-10,13-16H2,1-8H3. The van der Waals surface area contributed by atoms with E-state index in [0.717, 1.165) is 102 Å². The van der Waals surface area contributed by atoms with Gasteiger partial charge in [0.05, 0.1) is 48.6 Å². The van der Waals surface area contributed by atoms with Crippen LogP contribution in [0.15, 0.2) is 24.3 Å². The number of esters is 2. The van der Waals surface area contributed by atoms with E-state index in [0.29, 0.717) is 12.8 Å². The van der Waals surface area contributed by atoms with Crippen molar-refractivity contribution in [1.82, 2.24) is 19.9 Å². The Morgan fingerprint density at radius 2 is 1.38 bits per heavy atom. The van der Waals surface area contributed by atoms with Gasteiger partial charge in [-0.15, -0.1) is 0 Å². The van der Waals surface area contributed by atoms with Crippen LogP contribution < -0.4 is 0 Å². The Balaban J connectivity index is 1.99. The molecular weight excluding hydrogens is 602 g/mol. The highest BCUT2D eigenvalue weighted by Gasteiger charge is 2.23. The summed E-state index contributed by atoms with van der Waals surface area (Å²) >= 11 is 0. The Labute approximate surface area is 281 Å². The van der Waals surface area contributed by atoms with E-state index < -0.39 is 0 Å². The monoisotopic (exact) mass is 645 g/mol. The summed E-state index contributed by atoms with van der Waals surface area (Å²) in [5.41, 5.74) is 16.0. The molecule has 0 saturated heterocycles. The van der Waals surface area contributed by atoms with E-state index in [4.69, 9.17) is 19.4 Å². The van der Waals surface area contributed by atoms with Crippen LogP contribution in [-0.2, 0) is 31.9 Å². The molecule has 3 aromatic heterocycles. The van der Waals surface area contributed by atoms with Crippen molar-refractivity contribution in [3.05, 3.63) is 74.9 Å². The number of nitriles is 1. The third kappa shape index (κ3) is 6.35. The third-order valence-electron chi connectivity index (χ3n) is 9.62. The molecule has 0 fully saturated rings. The number of hydrogen-bond acceptors (Lipinski definition) is 7. The van der Waals surface area contributed by atoms with E-state index in [9.17, 15) is 14.9 Å². The van der Waals surface area contributed by atoms with Crippen LogP contribution in [0, 0.1) is 25.2 Å². The Bertz CT molecular complexity index is 2120. The fourth-order valence-electron chi connectivity index (χ4n) is 6.85. The summed E-state index contributed by atoms with van der Waals surface area (Å²) in [6.07, 6.45) is 6.19. The number of H-pyrrole nitrogens is 2. The molecule has 0 saturated carbocycles. The molecule has 0 aliphatic carbocycles. The zero-order valence-corrected chi connectivity index (χ0v) is 29.1. The number of methoxy groups -OCH3 is 2. The van der Waals surface area contributed by atoms with Gasteiger partial charge in [-0.2, -0.15) is 5.26 Å². The largest absolute Gasteiger partial charge is 0.469 e. The zero-order chi connectivity index (χ0) is 34.7. The van der Waals surface area contributed by atoms with Crippen molar-refractivity contribution >= 4 is 62.4 Å². The highest BCUT2D eigenvalue weighted by atomic mass is 16.5.